The van der Waals surface area contributed by atoms with Gasteiger partial charge in [0.05, 0.1) is 4.99 Å². The van der Waals surface area contributed by atoms with Crippen LogP contribution >= 0.6 is 12.2 Å². The number of carbonyl (C=O) groups is 1. The number of aliphatic carboxylic acids is 1. The molecule has 3 aromatic carbocycles. The van der Waals surface area contributed by atoms with Gasteiger partial charge in [0.15, 0.2) is 6.10 Å². The monoisotopic (exact) mass is 461 g/mol. The quantitative estimate of drug-likeness (QED) is 0.346. The molecule has 2 N–H and O–H groups in total. The van der Waals surface area contributed by atoms with Gasteiger partial charge >= 0.3 is 5.97 Å². The molecule has 4 nitrogen and oxygen atoms in total. The Bertz CT molecular complexity index is 1010. The lowest BCUT2D eigenvalue weighted by molar-refractivity contribution is -0.149. The molecular formula is C28H31NO3S. The molecular weight excluding hydrogens is 430 g/mol. The van der Waals surface area contributed by atoms with Crippen LogP contribution in [0.4, 0.5) is 0 Å². The Hall–Kier alpha value is -3.02. The molecule has 0 aliphatic rings. The van der Waals surface area contributed by atoms with E-state index in [4.69, 9.17) is 17.0 Å². The first-order chi connectivity index (χ1) is 16.1. The van der Waals surface area contributed by atoms with E-state index in [0.29, 0.717) is 19.6 Å². The maximum atomic E-state index is 11.3. The van der Waals surface area contributed by atoms with Crippen molar-refractivity contribution in [1.29, 1.82) is 0 Å². The second-order valence-electron chi connectivity index (χ2n) is 8.01. The zero-order valence-corrected chi connectivity index (χ0v) is 19.8. The third-order valence-corrected chi connectivity index (χ3v) is 6.07. The molecule has 0 spiro atoms. The van der Waals surface area contributed by atoms with E-state index in [1.165, 1.54) is 16.7 Å². The van der Waals surface area contributed by atoms with Gasteiger partial charge in [0.1, 0.15) is 0 Å². The van der Waals surface area contributed by atoms with Gasteiger partial charge in [-0.3, -0.25) is 0 Å². The highest BCUT2D eigenvalue weighted by Gasteiger charge is 2.19. The van der Waals surface area contributed by atoms with Crippen molar-refractivity contribution in [1.82, 2.24) is 5.32 Å². The van der Waals surface area contributed by atoms with Gasteiger partial charge in [0, 0.05) is 25.5 Å². The van der Waals surface area contributed by atoms with Crippen molar-refractivity contribution < 1.29 is 14.6 Å². The Morgan fingerprint density at radius 3 is 2.12 bits per heavy atom. The fraction of sp³-hybridized carbons (Fsp3) is 0.286. The molecule has 1 unspecified atom stereocenters. The average molecular weight is 462 g/mol. The molecule has 0 amide bonds. The number of hydrogen-bond acceptors (Lipinski definition) is 3. The van der Waals surface area contributed by atoms with Crippen LogP contribution in [0.1, 0.15) is 41.5 Å². The molecule has 3 aromatic rings. The van der Waals surface area contributed by atoms with Gasteiger partial charge in [0.25, 0.3) is 0 Å². The summed E-state index contributed by atoms with van der Waals surface area (Å²) in [5.41, 5.74) is 4.57. The Balaban J connectivity index is 1.63. The summed E-state index contributed by atoms with van der Waals surface area (Å²) in [5, 5.41) is 12.7. The van der Waals surface area contributed by atoms with Crippen LogP contribution in [0.3, 0.4) is 0 Å². The molecule has 0 aromatic heterocycles. The Kier molecular flexibility index (Phi) is 9.60. The summed E-state index contributed by atoms with van der Waals surface area (Å²) in [4.78, 5) is 12.2. The van der Waals surface area contributed by atoms with Crippen LogP contribution < -0.4 is 5.32 Å². The highest BCUT2D eigenvalue weighted by molar-refractivity contribution is 7.80. The first-order valence-corrected chi connectivity index (χ1v) is 11.8. The molecule has 0 saturated heterocycles. The standard InChI is InChI=1S/C28H31NO3S/c1-2-32-26(28(30)31)19-22-15-13-21(14-16-22)17-18-25(24-11-7-4-8-12-24)27(33)29-20-23-9-5-3-6-10-23/h3-16,25-26H,2,17-20H2,1H3,(H,29,33)(H,30,31)/t25?,26-/m1/s1. The molecule has 0 radical (unpaired) electrons. The van der Waals surface area contributed by atoms with Crippen molar-refractivity contribution in [2.45, 2.75) is 44.8 Å². The van der Waals surface area contributed by atoms with E-state index in [9.17, 15) is 9.90 Å². The Morgan fingerprint density at radius 2 is 1.52 bits per heavy atom. The van der Waals surface area contributed by atoms with Gasteiger partial charge in [-0.1, -0.05) is 97.1 Å². The van der Waals surface area contributed by atoms with Crippen LogP contribution in [-0.4, -0.2) is 28.8 Å². The Labute approximate surface area is 201 Å². The molecule has 0 bridgehead atoms. The molecule has 3 rings (SSSR count). The van der Waals surface area contributed by atoms with E-state index in [2.05, 4.69) is 41.7 Å². The minimum Gasteiger partial charge on any atom is -0.479 e. The van der Waals surface area contributed by atoms with E-state index in [-0.39, 0.29) is 5.92 Å². The minimum absolute atomic E-state index is 0.124. The van der Waals surface area contributed by atoms with E-state index >= 15 is 0 Å². The van der Waals surface area contributed by atoms with Crippen molar-refractivity contribution in [3.8, 4) is 0 Å². The number of carboxylic acid groups (broad SMARTS) is 1. The van der Waals surface area contributed by atoms with E-state index in [0.717, 1.165) is 23.4 Å². The van der Waals surface area contributed by atoms with Crippen molar-refractivity contribution in [3.63, 3.8) is 0 Å². The summed E-state index contributed by atoms with van der Waals surface area (Å²) in [6.07, 6.45) is 1.32. The molecule has 0 fully saturated rings. The van der Waals surface area contributed by atoms with Crippen molar-refractivity contribution in [2.75, 3.05) is 6.61 Å². The molecule has 0 heterocycles. The molecule has 172 valence electrons. The number of carboxylic acids is 1. The normalized spacial score (nSPS) is 12.6. The molecule has 0 aliphatic carbocycles. The van der Waals surface area contributed by atoms with Crippen molar-refractivity contribution in [2.24, 2.45) is 0 Å². The van der Waals surface area contributed by atoms with Gasteiger partial charge in [-0.15, -0.1) is 0 Å². The lowest BCUT2D eigenvalue weighted by atomic mass is 9.91. The number of aryl methyl sites for hydroxylation is 1. The highest BCUT2D eigenvalue weighted by atomic mass is 32.1. The first kappa shape index (κ1) is 24.6. The predicted molar refractivity (Wildman–Crippen MR) is 137 cm³/mol. The van der Waals surface area contributed by atoms with Crippen LogP contribution in [-0.2, 0) is 28.9 Å². The van der Waals surface area contributed by atoms with E-state index < -0.39 is 12.1 Å². The molecule has 0 aliphatic heterocycles. The van der Waals surface area contributed by atoms with Gasteiger partial charge in [0.2, 0.25) is 0 Å². The third-order valence-electron chi connectivity index (χ3n) is 5.64. The van der Waals surface area contributed by atoms with Gasteiger partial charge < -0.3 is 15.2 Å². The maximum absolute atomic E-state index is 11.3. The zero-order valence-electron chi connectivity index (χ0n) is 18.9. The van der Waals surface area contributed by atoms with Crippen LogP contribution in [0.25, 0.3) is 0 Å². The van der Waals surface area contributed by atoms with Gasteiger partial charge in [-0.25, -0.2) is 4.79 Å². The minimum atomic E-state index is -0.928. The van der Waals surface area contributed by atoms with E-state index in [1.54, 1.807) is 6.92 Å². The SMILES string of the molecule is CCO[C@H](Cc1ccc(CCC(C(=S)NCc2ccccc2)c2ccccc2)cc1)C(=O)O. The summed E-state index contributed by atoms with van der Waals surface area (Å²) in [6.45, 7) is 2.90. The largest absolute Gasteiger partial charge is 0.479 e. The highest BCUT2D eigenvalue weighted by Crippen LogP contribution is 2.24. The summed E-state index contributed by atoms with van der Waals surface area (Å²) in [6, 6.07) is 28.8. The summed E-state index contributed by atoms with van der Waals surface area (Å²) in [5.74, 6) is -0.804. The smallest absolute Gasteiger partial charge is 0.333 e. The summed E-state index contributed by atoms with van der Waals surface area (Å²) >= 11 is 5.81. The maximum Gasteiger partial charge on any atom is 0.333 e. The van der Waals surface area contributed by atoms with Crippen molar-refractivity contribution in [3.05, 3.63) is 107 Å². The molecule has 33 heavy (non-hydrogen) atoms. The Morgan fingerprint density at radius 1 is 0.909 bits per heavy atom. The van der Waals surface area contributed by atoms with Crippen LogP contribution in [0, 0.1) is 0 Å². The second-order valence-corrected chi connectivity index (χ2v) is 8.45. The zero-order chi connectivity index (χ0) is 23.5. The lowest BCUT2D eigenvalue weighted by Crippen LogP contribution is -2.27. The van der Waals surface area contributed by atoms with Crippen LogP contribution in [0.15, 0.2) is 84.9 Å². The number of ether oxygens (including phenoxy) is 1. The third kappa shape index (κ3) is 7.81. The first-order valence-electron chi connectivity index (χ1n) is 11.4. The predicted octanol–water partition coefficient (Wildman–Crippen LogP) is 5.55. The fourth-order valence-electron chi connectivity index (χ4n) is 3.83. The molecule has 5 heteroatoms. The topological polar surface area (TPSA) is 58.6 Å². The van der Waals surface area contributed by atoms with Crippen LogP contribution in [0.5, 0.6) is 0 Å². The molecule has 2 atom stereocenters. The summed E-state index contributed by atoms with van der Waals surface area (Å²) in [7, 11) is 0. The van der Waals surface area contributed by atoms with Gasteiger partial charge in [-0.2, -0.15) is 0 Å². The molecule has 0 saturated carbocycles. The number of benzene rings is 3. The number of hydrogen-bond donors (Lipinski definition) is 2. The van der Waals surface area contributed by atoms with Crippen molar-refractivity contribution >= 4 is 23.2 Å². The lowest BCUT2D eigenvalue weighted by Gasteiger charge is -2.20. The average Bonchev–Trinajstić information content (AvgIpc) is 2.85. The van der Waals surface area contributed by atoms with Crippen LogP contribution in [0.2, 0.25) is 0 Å². The second kappa shape index (κ2) is 12.9. The number of nitrogens with one attached hydrogen (secondary N) is 1. The summed E-state index contributed by atoms with van der Waals surface area (Å²) < 4.78 is 5.33. The van der Waals surface area contributed by atoms with E-state index in [1.807, 2.05) is 48.5 Å². The number of rotatable bonds is 12. The van der Waals surface area contributed by atoms with Gasteiger partial charge in [-0.05, 0) is 42.0 Å². The number of thiocarbonyl (C=S) groups is 1. The fourth-order valence-corrected chi connectivity index (χ4v) is 4.15.